The molecule has 32 heavy (non-hydrogen) atoms. The number of benzene rings is 1. The number of nitrogens with zero attached hydrogens (tertiary/aromatic N) is 3. The standard InChI is InChI=1S/C20H20F3N7O2/c1-13-6-7-16(26-12-13)28-18-9-8-17(29-30-18)24-10-11-25-19(31)27-14-4-2-3-5-15(14)32-20(21,22)23/h2-9,12H,10-11H2,1H3,(H,24,29)(H2,25,27,31)(H,26,28,30). The zero-order valence-corrected chi connectivity index (χ0v) is 16.9. The lowest BCUT2D eigenvalue weighted by atomic mass is 10.3. The van der Waals surface area contributed by atoms with Gasteiger partial charge in [0.2, 0.25) is 0 Å². The molecule has 4 N–H and O–H groups in total. The smallest absolute Gasteiger partial charge is 0.404 e. The number of halogens is 3. The van der Waals surface area contributed by atoms with E-state index in [9.17, 15) is 18.0 Å². The Morgan fingerprint density at radius 2 is 1.69 bits per heavy atom. The Bertz CT molecular complexity index is 1030. The summed E-state index contributed by atoms with van der Waals surface area (Å²) < 4.78 is 41.2. The van der Waals surface area contributed by atoms with E-state index in [4.69, 9.17) is 0 Å². The van der Waals surface area contributed by atoms with Crippen molar-refractivity contribution in [3.05, 3.63) is 60.3 Å². The van der Waals surface area contributed by atoms with Gasteiger partial charge in [0.05, 0.1) is 5.69 Å². The van der Waals surface area contributed by atoms with Crippen LogP contribution in [-0.4, -0.2) is 40.7 Å². The zero-order valence-electron chi connectivity index (χ0n) is 16.9. The van der Waals surface area contributed by atoms with Crippen molar-refractivity contribution in [1.29, 1.82) is 0 Å². The largest absolute Gasteiger partial charge is 0.573 e. The highest BCUT2D eigenvalue weighted by atomic mass is 19.4. The van der Waals surface area contributed by atoms with Gasteiger partial charge in [-0.15, -0.1) is 23.4 Å². The van der Waals surface area contributed by atoms with Gasteiger partial charge in [-0.25, -0.2) is 9.78 Å². The first kappa shape index (κ1) is 22.6. The number of carbonyl (C=O) groups excluding carboxylic acids is 1. The van der Waals surface area contributed by atoms with E-state index in [1.807, 2.05) is 19.1 Å². The SMILES string of the molecule is Cc1ccc(Nc2ccc(NCCNC(=O)Nc3ccccc3OC(F)(F)F)nn2)nc1. The maximum Gasteiger partial charge on any atom is 0.573 e. The van der Waals surface area contributed by atoms with Crippen LogP contribution in [0.15, 0.2) is 54.7 Å². The van der Waals surface area contributed by atoms with Crippen molar-refractivity contribution >= 4 is 29.2 Å². The van der Waals surface area contributed by atoms with Crippen molar-refractivity contribution in [2.45, 2.75) is 13.3 Å². The molecule has 168 valence electrons. The van der Waals surface area contributed by atoms with Crippen LogP contribution in [-0.2, 0) is 0 Å². The van der Waals surface area contributed by atoms with E-state index in [2.05, 4.69) is 41.2 Å². The molecule has 0 bridgehead atoms. The average Bonchev–Trinajstić information content (AvgIpc) is 2.74. The molecule has 2 amide bonds. The van der Waals surface area contributed by atoms with Gasteiger partial charge in [-0.05, 0) is 42.8 Å². The Kier molecular flexibility index (Phi) is 7.26. The highest BCUT2D eigenvalue weighted by molar-refractivity contribution is 5.90. The Balaban J connectivity index is 1.41. The molecule has 0 aliphatic carbocycles. The molecule has 0 unspecified atom stereocenters. The second-order valence-electron chi connectivity index (χ2n) is 6.50. The van der Waals surface area contributed by atoms with Crippen molar-refractivity contribution in [2.24, 2.45) is 0 Å². The van der Waals surface area contributed by atoms with Crippen LogP contribution < -0.4 is 26.0 Å². The number of ether oxygens (including phenoxy) is 1. The van der Waals surface area contributed by atoms with E-state index < -0.39 is 18.1 Å². The predicted molar refractivity (Wildman–Crippen MR) is 113 cm³/mol. The van der Waals surface area contributed by atoms with E-state index in [1.54, 1.807) is 18.3 Å². The van der Waals surface area contributed by atoms with Gasteiger partial charge in [-0.3, -0.25) is 0 Å². The van der Waals surface area contributed by atoms with Crippen LogP contribution in [0.1, 0.15) is 5.56 Å². The molecule has 2 aromatic heterocycles. The average molecular weight is 447 g/mol. The number of nitrogens with one attached hydrogen (secondary N) is 4. The summed E-state index contributed by atoms with van der Waals surface area (Å²) in [7, 11) is 0. The van der Waals surface area contributed by atoms with Crippen LogP contribution in [0.25, 0.3) is 0 Å². The number of amides is 2. The van der Waals surface area contributed by atoms with Crippen molar-refractivity contribution in [3.63, 3.8) is 0 Å². The summed E-state index contributed by atoms with van der Waals surface area (Å²) in [6, 6.07) is 11.7. The van der Waals surface area contributed by atoms with Crippen LogP contribution in [0.2, 0.25) is 0 Å². The Morgan fingerprint density at radius 3 is 2.38 bits per heavy atom. The van der Waals surface area contributed by atoms with Crippen LogP contribution in [0.3, 0.4) is 0 Å². The number of urea groups is 1. The van der Waals surface area contributed by atoms with E-state index in [0.717, 1.165) is 11.6 Å². The monoisotopic (exact) mass is 447 g/mol. The number of carbonyl (C=O) groups is 1. The van der Waals surface area contributed by atoms with Gasteiger partial charge in [0, 0.05) is 19.3 Å². The zero-order chi connectivity index (χ0) is 23.0. The number of alkyl halides is 3. The summed E-state index contributed by atoms with van der Waals surface area (Å²) in [5.74, 6) is 1.14. The summed E-state index contributed by atoms with van der Waals surface area (Å²) in [6.45, 7) is 2.44. The fraction of sp³-hybridized carbons (Fsp3) is 0.200. The molecule has 12 heteroatoms. The van der Waals surface area contributed by atoms with Crippen LogP contribution in [0, 0.1) is 6.92 Å². The molecule has 0 radical (unpaired) electrons. The quantitative estimate of drug-likeness (QED) is 0.385. The lowest BCUT2D eigenvalue weighted by Crippen LogP contribution is -2.33. The minimum absolute atomic E-state index is 0.104. The highest BCUT2D eigenvalue weighted by Gasteiger charge is 2.32. The minimum atomic E-state index is -4.86. The lowest BCUT2D eigenvalue weighted by Gasteiger charge is -2.14. The van der Waals surface area contributed by atoms with E-state index >= 15 is 0 Å². The molecule has 0 spiro atoms. The summed E-state index contributed by atoms with van der Waals surface area (Å²) in [5, 5.41) is 18.9. The molecule has 2 heterocycles. The summed E-state index contributed by atoms with van der Waals surface area (Å²) in [4.78, 5) is 16.2. The molecule has 0 fully saturated rings. The van der Waals surface area contributed by atoms with Gasteiger partial charge < -0.3 is 26.0 Å². The number of para-hydroxylation sites is 2. The topological polar surface area (TPSA) is 113 Å². The molecule has 3 aromatic rings. The number of aromatic nitrogens is 3. The molecule has 0 saturated heterocycles. The van der Waals surface area contributed by atoms with Gasteiger partial charge in [-0.1, -0.05) is 18.2 Å². The van der Waals surface area contributed by atoms with Gasteiger partial charge in [-0.2, -0.15) is 0 Å². The fourth-order valence-corrected chi connectivity index (χ4v) is 2.48. The first-order chi connectivity index (χ1) is 15.3. The molecule has 9 nitrogen and oxygen atoms in total. The second-order valence-corrected chi connectivity index (χ2v) is 6.50. The summed E-state index contributed by atoms with van der Waals surface area (Å²) in [5.41, 5.74) is 0.939. The van der Waals surface area contributed by atoms with Crippen LogP contribution in [0.5, 0.6) is 5.75 Å². The first-order valence-electron chi connectivity index (χ1n) is 9.45. The number of rotatable bonds is 8. The summed E-state index contributed by atoms with van der Waals surface area (Å²) >= 11 is 0. The Morgan fingerprint density at radius 1 is 0.969 bits per heavy atom. The van der Waals surface area contributed by atoms with Gasteiger partial charge in [0.25, 0.3) is 0 Å². The highest BCUT2D eigenvalue weighted by Crippen LogP contribution is 2.29. The number of hydrogen-bond acceptors (Lipinski definition) is 7. The fourth-order valence-electron chi connectivity index (χ4n) is 2.48. The molecule has 1 aromatic carbocycles. The molecule has 3 rings (SSSR count). The second kappa shape index (κ2) is 10.3. The normalized spacial score (nSPS) is 10.9. The molecular weight excluding hydrogens is 427 g/mol. The molecule has 0 aliphatic rings. The maximum absolute atomic E-state index is 12.4. The third-order valence-corrected chi connectivity index (χ3v) is 3.91. The first-order valence-corrected chi connectivity index (χ1v) is 9.45. The molecule has 0 aliphatic heterocycles. The predicted octanol–water partition coefficient (Wildman–Crippen LogP) is 4.06. The lowest BCUT2D eigenvalue weighted by molar-refractivity contribution is -0.274. The Labute approximate surface area is 181 Å². The number of anilines is 4. The van der Waals surface area contributed by atoms with Gasteiger partial charge in [0.15, 0.2) is 11.6 Å². The minimum Gasteiger partial charge on any atom is -0.404 e. The number of hydrogen-bond donors (Lipinski definition) is 4. The van der Waals surface area contributed by atoms with Gasteiger partial charge >= 0.3 is 12.4 Å². The van der Waals surface area contributed by atoms with Crippen molar-refractivity contribution < 1.29 is 22.7 Å². The van der Waals surface area contributed by atoms with Gasteiger partial charge in [0.1, 0.15) is 11.6 Å². The van der Waals surface area contributed by atoms with E-state index in [1.165, 1.54) is 18.2 Å². The molecular formula is C20H20F3N7O2. The van der Waals surface area contributed by atoms with Crippen molar-refractivity contribution in [2.75, 3.05) is 29.0 Å². The van der Waals surface area contributed by atoms with E-state index in [-0.39, 0.29) is 12.2 Å². The van der Waals surface area contributed by atoms with Crippen molar-refractivity contribution in [1.82, 2.24) is 20.5 Å². The van der Waals surface area contributed by atoms with E-state index in [0.29, 0.717) is 24.0 Å². The number of pyridine rings is 1. The third-order valence-electron chi connectivity index (χ3n) is 3.91. The molecule has 0 atom stereocenters. The summed E-state index contributed by atoms with van der Waals surface area (Å²) in [6.07, 6.45) is -3.13. The third kappa shape index (κ3) is 7.31. The number of aryl methyl sites for hydroxylation is 1. The van der Waals surface area contributed by atoms with Crippen molar-refractivity contribution in [3.8, 4) is 5.75 Å². The Hall–Kier alpha value is -4.09. The molecule has 0 saturated carbocycles. The maximum atomic E-state index is 12.4. The van der Waals surface area contributed by atoms with Crippen LogP contribution >= 0.6 is 0 Å². The van der Waals surface area contributed by atoms with Crippen LogP contribution in [0.4, 0.5) is 41.1 Å².